The first kappa shape index (κ1) is 21.0. The Morgan fingerprint density at radius 2 is 2.00 bits per heavy atom. The fraction of sp³-hybridized carbons (Fsp3) is 0.118. The van der Waals surface area contributed by atoms with Crippen molar-refractivity contribution in [2.24, 2.45) is 0 Å². The molecule has 2 aromatic carbocycles. The van der Waals surface area contributed by atoms with E-state index in [9.17, 15) is 19.3 Å². The Hall–Kier alpha value is -2.76. The van der Waals surface area contributed by atoms with Crippen LogP contribution in [0, 0.1) is 15.9 Å². The van der Waals surface area contributed by atoms with Gasteiger partial charge in [-0.2, -0.15) is 0 Å². The first-order chi connectivity index (χ1) is 13.9. The van der Waals surface area contributed by atoms with Gasteiger partial charge in [-0.05, 0) is 29.8 Å². The van der Waals surface area contributed by atoms with Crippen LogP contribution in [0.15, 0.2) is 46.8 Å². The molecular weight excluding hydrogens is 441 g/mol. The maximum atomic E-state index is 12.9. The van der Waals surface area contributed by atoms with E-state index in [1.165, 1.54) is 53.4 Å². The van der Waals surface area contributed by atoms with Crippen LogP contribution in [0.3, 0.4) is 0 Å². The Morgan fingerprint density at radius 1 is 1.24 bits per heavy atom. The zero-order valence-electron chi connectivity index (χ0n) is 14.6. The molecule has 1 aromatic heterocycles. The number of nitro benzene ring substituents is 1. The Balaban J connectivity index is 1.49. The van der Waals surface area contributed by atoms with Crippen molar-refractivity contribution in [1.82, 2.24) is 10.2 Å². The number of carbonyl (C=O) groups is 1. The number of nitrogens with zero attached hydrogens (tertiary/aromatic N) is 3. The highest BCUT2D eigenvalue weighted by atomic mass is 35.5. The summed E-state index contributed by atoms with van der Waals surface area (Å²) in [5, 5.41) is 25.1. The van der Waals surface area contributed by atoms with Gasteiger partial charge >= 0.3 is 0 Å². The van der Waals surface area contributed by atoms with Crippen molar-refractivity contribution in [2.45, 2.75) is 10.9 Å². The van der Waals surface area contributed by atoms with E-state index in [0.717, 1.165) is 5.56 Å². The SMILES string of the molecule is O=C(CSc1nnc(NCc2ccc(F)cc2)s1)Nc1ccc(Cl)c([N+](=O)[O-])c1. The van der Waals surface area contributed by atoms with E-state index in [1.54, 1.807) is 12.1 Å². The summed E-state index contributed by atoms with van der Waals surface area (Å²) in [7, 11) is 0. The summed E-state index contributed by atoms with van der Waals surface area (Å²) in [5.41, 5.74) is 0.899. The summed E-state index contributed by atoms with van der Waals surface area (Å²) in [6.07, 6.45) is 0. The number of amides is 1. The number of rotatable bonds is 8. The van der Waals surface area contributed by atoms with Gasteiger partial charge in [0.25, 0.3) is 5.69 Å². The van der Waals surface area contributed by atoms with Gasteiger partial charge in [-0.15, -0.1) is 10.2 Å². The molecule has 0 aliphatic carbocycles. The lowest BCUT2D eigenvalue weighted by Gasteiger charge is -2.04. The molecule has 0 fully saturated rings. The van der Waals surface area contributed by atoms with Crippen LogP contribution in [0.25, 0.3) is 0 Å². The standard InChI is InChI=1S/C17H13ClFN5O3S2/c18-13-6-5-12(7-14(13)24(26)27)21-15(25)9-28-17-23-22-16(29-17)20-8-10-1-3-11(19)4-2-10/h1-7H,8-9H2,(H,20,22)(H,21,25). The largest absolute Gasteiger partial charge is 0.356 e. The lowest BCUT2D eigenvalue weighted by atomic mass is 10.2. The second kappa shape index (κ2) is 9.63. The maximum absolute atomic E-state index is 12.9. The Labute approximate surface area is 177 Å². The summed E-state index contributed by atoms with van der Waals surface area (Å²) in [5.74, 6) is -0.583. The van der Waals surface area contributed by atoms with Crippen molar-refractivity contribution < 1.29 is 14.1 Å². The Morgan fingerprint density at radius 3 is 2.72 bits per heavy atom. The second-order valence-corrected chi connectivity index (χ2v) is 8.22. The van der Waals surface area contributed by atoms with Gasteiger partial charge in [0.2, 0.25) is 11.0 Å². The van der Waals surface area contributed by atoms with Crippen molar-refractivity contribution >= 4 is 57.1 Å². The van der Waals surface area contributed by atoms with E-state index in [0.29, 0.717) is 16.0 Å². The van der Waals surface area contributed by atoms with Gasteiger partial charge in [0.15, 0.2) is 4.34 Å². The average Bonchev–Trinajstić information content (AvgIpc) is 3.15. The van der Waals surface area contributed by atoms with Crippen molar-refractivity contribution in [2.75, 3.05) is 16.4 Å². The Bertz CT molecular complexity index is 1030. The first-order valence-corrected chi connectivity index (χ1v) is 10.3. The molecule has 150 valence electrons. The molecule has 2 N–H and O–H groups in total. The number of hydrogen-bond acceptors (Lipinski definition) is 8. The molecule has 1 heterocycles. The average molecular weight is 454 g/mol. The minimum absolute atomic E-state index is 0.00287. The van der Waals surface area contributed by atoms with Gasteiger partial charge in [-0.1, -0.05) is 46.8 Å². The molecule has 0 saturated carbocycles. The van der Waals surface area contributed by atoms with Gasteiger partial charge in [0, 0.05) is 18.3 Å². The van der Waals surface area contributed by atoms with Crippen LogP contribution in [-0.4, -0.2) is 26.8 Å². The smallest absolute Gasteiger partial charge is 0.289 e. The molecule has 1 amide bonds. The highest BCUT2D eigenvalue weighted by molar-refractivity contribution is 8.01. The van der Waals surface area contributed by atoms with Crippen LogP contribution >= 0.6 is 34.7 Å². The molecule has 0 unspecified atom stereocenters. The van der Waals surface area contributed by atoms with Crippen LogP contribution in [0.2, 0.25) is 5.02 Å². The lowest BCUT2D eigenvalue weighted by molar-refractivity contribution is -0.384. The molecule has 0 aliphatic heterocycles. The molecule has 29 heavy (non-hydrogen) atoms. The van der Waals surface area contributed by atoms with E-state index in [2.05, 4.69) is 20.8 Å². The fourth-order valence-electron chi connectivity index (χ4n) is 2.17. The molecule has 0 atom stereocenters. The molecular formula is C17H13ClFN5O3S2. The van der Waals surface area contributed by atoms with E-state index in [-0.39, 0.29) is 33.9 Å². The lowest BCUT2D eigenvalue weighted by Crippen LogP contribution is -2.14. The molecule has 3 rings (SSSR count). The zero-order valence-corrected chi connectivity index (χ0v) is 17.0. The molecule has 0 aliphatic rings. The monoisotopic (exact) mass is 453 g/mol. The predicted molar refractivity (Wildman–Crippen MR) is 111 cm³/mol. The maximum Gasteiger partial charge on any atom is 0.289 e. The molecule has 3 aromatic rings. The summed E-state index contributed by atoms with van der Waals surface area (Å²) in [6.45, 7) is 0.468. The highest BCUT2D eigenvalue weighted by Gasteiger charge is 2.14. The van der Waals surface area contributed by atoms with Crippen LogP contribution in [0.5, 0.6) is 0 Å². The number of anilines is 2. The number of carbonyl (C=O) groups excluding carboxylic acids is 1. The van der Waals surface area contributed by atoms with Gasteiger partial charge in [0.1, 0.15) is 10.8 Å². The topological polar surface area (TPSA) is 110 Å². The molecule has 0 saturated heterocycles. The zero-order chi connectivity index (χ0) is 20.8. The van der Waals surface area contributed by atoms with E-state index >= 15 is 0 Å². The second-order valence-electron chi connectivity index (χ2n) is 5.61. The Kier molecular flexibility index (Phi) is 6.96. The van der Waals surface area contributed by atoms with Crippen molar-refractivity contribution in [3.05, 3.63) is 69.0 Å². The van der Waals surface area contributed by atoms with Gasteiger partial charge in [-0.3, -0.25) is 14.9 Å². The number of halogens is 2. The van der Waals surface area contributed by atoms with Crippen molar-refractivity contribution in [1.29, 1.82) is 0 Å². The summed E-state index contributed by atoms with van der Waals surface area (Å²) < 4.78 is 13.5. The third-order valence-electron chi connectivity index (χ3n) is 3.52. The number of nitrogens with one attached hydrogen (secondary N) is 2. The van der Waals surface area contributed by atoms with Crippen molar-refractivity contribution in [3.8, 4) is 0 Å². The van der Waals surface area contributed by atoms with E-state index in [4.69, 9.17) is 11.6 Å². The van der Waals surface area contributed by atoms with Gasteiger partial charge in [0.05, 0.1) is 10.7 Å². The quantitative estimate of drug-likeness (QED) is 0.291. The number of nitro groups is 1. The minimum atomic E-state index is -0.617. The number of benzene rings is 2. The fourth-order valence-corrected chi connectivity index (χ4v) is 3.91. The van der Waals surface area contributed by atoms with Crippen LogP contribution in [0.4, 0.5) is 20.9 Å². The number of hydrogen-bond donors (Lipinski definition) is 2. The van der Waals surface area contributed by atoms with E-state index in [1.807, 2.05) is 0 Å². The molecule has 0 bridgehead atoms. The minimum Gasteiger partial charge on any atom is -0.356 e. The molecule has 12 heteroatoms. The van der Waals surface area contributed by atoms with Gasteiger partial charge in [-0.25, -0.2) is 4.39 Å². The van der Waals surface area contributed by atoms with Crippen LogP contribution in [0.1, 0.15) is 5.56 Å². The number of thioether (sulfide) groups is 1. The highest BCUT2D eigenvalue weighted by Crippen LogP contribution is 2.28. The molecule has 0 radical (unpaired) electrons. The van der Waals surface area contributed by atoms with E-state index < -0.39 is 4.92 Å². The summed E-state index contributed by atoms with van der Waals surface area (Å²) in [6, 6.07) is 10.1. The third kappa shape index (κ3) is 6.11. The third-order valence-corrected chi connectivity index (χ3v) is 5.85. The summed E-state index contributed by atoms with van der Waals surface area (Å²) in [4.78, 5) is 22.4. The van der Waals surface area contributed by atoms with Crippen molar-refractivity contribution in [3.63, 3.8) is 0 Å². The normalized spacial score (nSPS) is 10.6. The van der Waals surface area contributed by atoms with Crippen LogP contribution < -0.4 is 10.6 Å². The molecule has 8 nitrogen and oxygen atoms in total. The number of aromatic nitrogens is 2. The van der Waals surface area contributed by atoms with Gasteiger partial charge < -0.3 is 10.6 Å². The summed E-state index contributed by atoms with van der Waals surface area (Å²) >= 11 is 8.22. The first-order valence-electron chi connectivity index (χ1n) is 8.09. The molecule has 0 spiro atoms. The predicted octanol–water partition coefficient (Wildman–Crippen LogP) is 4.58. The van der Waals surface area contributed by atoms with Crippen LogP contribution in [-0.2, 0) is 11.3 Å².